The molecule has 0 bridgehead atoms. The Hall–Kier alpha value is -2.88. The summed E-state index contributed by atoms with van der Waals surface area (Å²) in [5.74, 6) is -0.843. The van der Waals surface area contributed by atoms with Gasteiger partial charge in [0.05, 0.1) is 11.9 Å². The molecule has 1 unspecified atom stereocenters. The summed E-state index contributed by atoms with van der Waals surface area (Å²) in [7, 11) is -3.88. The highest BCUT2D eigenvalue weighted by molar-refractivity contribution is 9.10. The number of amides is 2. The third-order valence-electron chi connectivity index (χ3n) is 6.15. The second-order valence-electron chi connectivity index (χ2n) is 10.8. The smallest absolute Gasteiger partial charge is 0.244 e. The van der Waals surface area contributed by atoms with Crippen LogP contribution in [-0.2, 0) is 32.6 Å². The van der Waals surface area contributed by atoms with Crippen LogP contribution in [-0.4, -0.2) is 49.5 Å². The van der Waals surface area contributed by atoms with E-state index in [1.54, 1.807) is 19.1 Å². The van der Waals surface area contributed by atoms with Crippen molar-refractivity contribution in [1.82, 2.24) is 10.2 Å². The number of hydrogen-bond acceptors (Lipinski definition) is 4. The van der Waals surface area contributed by atoms with E-state index in [1.807, 2.05) is 75.4 Å². The van der Waals surface area contributed by atoms with Crippen molar-refractivity contribution in [2.45, 2.75) is 52.2 Å². The number of carbonyl (C=O) groups is 2. The largest absolute Gasteiger partial charge is 0.350 e. The van der Waals surface area contributed by atoms with Gasteiger partial charge in [-0.1, -0.05) is 76.1 Å². The van der Waals surface area contributed by atoms with E-state index in [4.69, 9.17) is 11.6 Å². The number of rotatable bonds is 10. The average Bonchev–Trinajstić information content (AvgIpc) is 2.86. The fourth-order valence-corrected chi connectivity index (χ4v) is 5.57. The quantitative estimate of drug-likeness (QED) is 0.304. The van der Waals surface area contributed by atoms with Gasteiger partial charge in [0.1, 0.15) is 12.6 Å². The molecule has 0 heterocycles. The lowest BCUT2D eigenvalue weighted by Crippen LogP contribution is -2.56. The second-order valence-corrected chi connectivity index (χ2v) is 14.1. The molecule has 3 aromatic rings. The Labute approximate surface area is 250 Å². The molecule has 0 fully saturated rings. The van der Waals surface area contributed by atoms with E-state index in [0.717, 1.165) is 26.2 Å². The van der Waals surface area contributed by atoms with Crippen molar-refractivity contribution in [1.29, 1.82) is 0 Å². The molecule has 1 N–H and O–H groups in total. The molecule has 0 saturated carbocycles. The van der Waals surface area contributed by atoms with Crippen molar-refractivity contribution >= 4 is 55.1 Å². The molecule has 0 aliphatic heterocycles. The van der Waals surface area contributed by atoms with Gasteiger partial charge in [0.25, 0.3) is 0 Å². The van der Waals surface area contributed by atoms with Gasteiger partial charge in [-0.2, -0.15) is 0 Å². The van der Waals surface area contributed by atoms with Gasteiger partial charge in [-0.15, -0.1) is 0 Å². The van der Waals surface area contributed by atoms with E-state index >= 15 is 0 Å². The van der Waals surface area contributed by atoms with Gasteiger partial charge in [0, 0.05) is 28.0 Å². The first-order valence-corrected chi connectivity index (χ1v) is 15.8. The molecule has 0 spiro atoms. The number of nitrogens with one attached hydrogen (secondary N) is 1. The minimum atomic E-state index is -3.88. The van der Waals surface area contributed by atoms with E-state index < -0.39 is 34.1 Å². The zero-order valence-corrected chi connectivity index (χ0v) is 26.5. The summed E-state index contributed by atoms with van der Waals surface area (Å²) in [4.78, 5) is 29.4. The molecular weight excluding hydrogens is 614 g/mol. The SMILES string of the molecule is Cc1ccc(Cl)cc1N(CC(=O)N(Cc1ccc(Br)cc1)C(Cc1ccccc1)C(=O)NC(C)(C)C)S(C)(=O)=O. The molecule has 0 aromatic heterocycles. The molecule has 0 aliphatic rings. The normalized spacial score (nSPS) is 12.5. The Balaban J connectivity index is 2.09. The van der Waals surface area contributed by atoms with Gasteiger partial charge in [-0.25, -0.2) is 8.42 Å². The number of sulfonamides is 1. The summed E-state index contributed by atoms with van der Waals surface area (Å²) in [5.41, 5.74) is 2.08. The van der Waals surface area contributed by atoms with Crippen LogP contribution >= 0.6 is 27.5 Å². The molecule has 3 aromatic carbocycles. The molecule has 3 rings (SSSR count). The van der Waals surface area contributed by atoms with E-state index in [-0.39, 0.29) is 18.9 Å². The maximum atomic E-state index is 14.1. The van der Waals surface area contributed by atoms with E-state index in [9.17, 15) is 18.0 Å². The molecule has 0 aliphatic carbocycles. The predicted octanol–water partition coefficient (Wildman–Crippen LogP) is 5.73. The number of hydrogen-bond donors (Lipinski definition) is 1. The van der Waals surface area contributed by atoms with Crippen LogP contribution in [0.15, 0.2) is 77.3 Å². The number of benzene rings is 3. The number of halogens is 2. The lowest BCUT2D eigenvalue weighted by Gasteiger charge is -2.35. The van der Waals surface area contributed by atoms with Crippen molar-refractivity contribution < 1.29 is 18.0 Å². The zero-order valence-electron chi connectivity index (χ0n) is 23.3. The first kappa shape index (κ1) is 31.6. The monoisotopic (exact) mass is 647 g/mol. The van der Waals surface area contributed by atoms with Gasteiger partial charge in [-0.3, -0.25) is 13.9 Å². The molecule has 10 heteroatoms. The molecule has 0 radical (unpaired) electrons. The first-order chi connectivity index (χ1) is 18.6. The van der Waals surface area contributed by atoms with E-state index in [0.29, 0.717) is 16.3 Å². The topological polar surface area (TPSA) is 86.8 Å². The summed E-state index contributed by atoms with van der Waals surface area (Å²) in [6, 6.07) is 20.9. The number of nitrogens with zero attached hydrogens (tertiary/aromatic N) is 2. The Bertz CT molecular complexity index is 1440. The maximum absolute atomic E-state index is 14.1. The predicted molar refractivity (Wildman–Crippen MR) is 165 cm³/mol. The minimum Gasteiger partial charge on any atom is -0.350 e. The van der Waals surface area contributed by atoms with Crippen LogP contribution in [0.3, 0.4) is 0 Å². The van der Waals surface area contributed by atoms with Crippen LogP contribution in [0.1, 0.15) is 37.5 Å². The number of carbonyl (C=O) groups excluding carboxylic acids is 2. The Morgan fingerprint density at radius 2 is 1.60 bits per heavy atom. The molecule has 2 amide bonds. The standard InChI is InChI=1S/C30H35BrClN3O4S/c1-21-11-16-25(32)18-26(21)35(40(5,38)39)20-28(36)34(19-23-12-14-24(31)15-13-23)27(29(37)33-30(2,3)4)17-22-9-7-6-8-10-22/h6-16,18,27H,17,19-20H2,1-5H3,(H,33,37). The third-order valence-corrected chi connectivity index (χ3v) is 8.04. The fourth-order valence-electron chi connectivity index (χ4n) is 4.24. The highest BCUT2D eigenvalue weighted by atomic mass is 79.9. The molecule has 7 nitrogen and oxygen atoms in total. The highest BCUT2D eigenvalue weighted by Crippen LogP contribution is 2.27. The zero-order chi connectivity index (χ0) is 29.7. The third kappa shape index (κ3) is 9.08. The maximum Gasteiger partial charge on any atom is 0.244 e. The van der Waals surface area contributed by atoms with Crippen LogP contribution in [0.2, 0.25) is 5.02 Å². The lowest BCUT2D eigenvalue weighted by molar-refractivity contribution is -0.140. The van der Waals surface area contributed by atoms with Crippen LogP contribution in [0.4, 0.5) is 5.69 Å². The summed E-state index contributed by atoms with van der Waals surface area (Å²) in [6.45, 7) is 6.98. The van der Waals surface area contributed by atoms with Crippen LogP contribution in [0.5, 0.6) is 0 Å². The van der Waals surface area contributed by atoms with E-state index in [2.05, 4.69) is 21.2 Å². The van der Waals surface area contributed by atoms with E-state index in [1.165, 1.54) is 11.0 Å². The summed E-state index contributed by atoms with van der Waals surface area (Å²) in [6.07, 6.45) is 1.30. The Morgan fingerprint density at radius 1 is 0.975 bits per heavy atom. The van der Waals surface area contributed by atoms with Crippen molar-refractivity contribution in [3.63, 3.8) is 0 Å². The number of aryl methyl sites for hydroxylation is 1. The average molecular weight is 649 g/mol. The number of anilines is 1. The van der Waals surface area contributed by atoms with Crippen molar-refractivity contribution in [2.75, 3.05) is 17.1 Å². The Kier molecular flexibility index (Phi) is 10.4. The van der Waals surface area contributed by atoms with Crippen molar-refractivity contribution in [3.8, 4) is 0 Å². The molecule has 214 valence electrons. The van der Waals surface area contributed by atoms with Gasteiger partial charge in [0.15, 0.2) is 0 Å². The summed E-state index contributed by atoms with van der Waals surface area (Å²) >= 11 is 9.63. The second kappa shape index (κ2) is 13.2. The molecule has 0 saturated heterocycles. The van der Waals surface area contributed by atoms with Crippen LogP contribution < -0.4 is 9.62 Å². The van der Waals surface area contributed by atoms with Crippen molar-refractivity contribution in [3.05, 3.63) is 99.0 Å². The summed E-state index contributed by atoms with van der Waals surface area (Å²) < 4.78 is 27.8. The minimum absolute atomic E-state index is 0.104. The van der Waals surface area contributed by atoms with Gasteiger partial charge in [-0.05, 0) is 68.7 Å². The van der Waals surface area contributed by atoms with Gasteiger partial charge < -0.3 is 10.2 Å². The Morgan fingerprint density at radius 3 is 2.17 bits per heavy atom. The van der Waals surface area contributed by atoms with Gasteiger partial charge in [0.2, 0.25) is 21.8 Å². The fraction of sp³-hybridized carbons (Fsp3) is 0.333. The molecule has 40 heavy (non-hydrogen) atoms. The van der Waals surface area contributed by atoms with Crippen molar-refractivity contribution in [2.24, 2.45) is 0 Å². The first-order valence-electron chi connectivity index (χ1n) is 12.8. The molecular formula is C30H35BrClN3O4S. The van der Waals surface area contributed by atoms with Gasteiger partial charge >= 0.3 is 0 Å². The lowest BCUT2D eigenvalue weighted by atomic mass is 10.0. The molecule has 1 atom stereocenters. The highest BCUT2D eigenvalue weighted by Gasteiger charge is 2.34. The van der Waals surface area contributed by atoms with Crippen LogP contribution in [0.25, 0.3) is 0 Å². The van der Waals surface area contributed by atoms with Crippen LogP contribution in [0, 0.1) is 6.92 Å². The summed E-state index contributed by atoms with van der Waals surface area (Å²) in [5, 5.41) is 3.36.